The molecule has 2 aliphatic rings. The maximum atomic E-state index is 12.2. The molecule has 0 aromatic heterocycles. The van der Waals surface area contributed by atoms with Gasteiger partial charge in [0.25, 0.3) is 5.91 Å². The predicted molar refractivity (Wildman–Crippen MR) is 72.5 cm³/mol. The Hall–Kier alpha value is -1.39. The lowest BCUT2D eigenvalue weighted by atomic mass is 9.97. The van der Waals surface area contributed by atoms with Crippen LogP contribution in [0.5, 0.6) is 0 Å². The third-order valence-corrected chi connectivity index (χ3v) is 3.97. The summed E-state index contributed by atoms with van der Waals surface area (Å²) in [6, 6.07) is 8.07. The van der Waals surface area contributed by atoms with Gasteiger partial charge in [-0.25, -0.2) is 0 Å². The van der Waals surface area contributed by atoms with Crippen LogP contribution in [-0.2, 0) is 16.0 Å². The normalized spacial score (nSPS) is 23.5. The maximum Gasteiger partial charge on any atom is 0.253 e. The van der Waals surface area contributed by atoms with Crippen molar-refractivity contribution in [2.24, 2.45) is 11.7 Å². The number of hydrogen-bond acceptors (Lipinski definition) is 3. The summed E-state index contributed by atoms with van der Waals surface area (Å²) in [6.45, 7) is 1.15. The van der Waals surface area contributed by atoms with Crippen LogP contribution in [0, 0.1) is 5.92 Å². The van der Waals surface area contributed by atoms with E-state index in [2.05, 4.69) is 11.4 Å². The van der Waals surface area contributed by atoms with Gasteiger partial charge in [-0.2, -0.15) is 0 Å². The molecule has 1 aliphatic carbocycles. The van der Waals surface area contributed by atoms with Crippen LogP contribution in [-0.4, -0.2) is 25.1 Å². The first-order valence-electron chi connectivity index (χ1n) is 6.98. The van der Waals surface area contributed by atoms with Crippen LogP contribution in [0.3, 0.4) is 0 Å². The summed E-state index contributed by atoms with van der Waals surface area (Å²) in [6.07, 6.45) is 2.79. The topological polar surface area (TPSA) is 64.3 Å². The number of nitrogens with two attached hydrogens (primary N) is 1. The van der Waals surface area contributed by atoms with E-state index >= 15 is 0 Å². The molecule has 1 aromatic rings. The van der Waals surface area contributed by atoms with Crippen molar-refractivity contribution >= 4 is 5.91 Å². The monoisotopic (exact) mass is 260 g/mol. The van der Waals surface area contributed by atoms with Crippen LogP contribution in [0.2, 0.25) is 0 Å². The van der Waals surface area contributed by atoms with Crippen LogP contribution >= 0.6 is 0 Å². The smallest absolute Gasteiger partial charge is 0.253 e. The van der Waals surface area contributed by atoms with Crippen molar-refractivity contribution in [3.05, 3.63) is 35.4 Å². The number of ether oxygens (including phenoxy) is 1. The summed E-state index contributed by atoms with van der Waals surface area (Å²) in [4.78, 5) is 12.2. The van der Waals surface area contributed by atoms with Gasteiger partial charge in [0, 0.05) is 12.6 Å². The molecule has 2 unspecified atom stereocenters. The number of hydrogen-bond donors (Lipinski definition) is 2. The minimum Gasteiger partial charge on any atom is -0.363 e. The van der Waals surface area contributed by atoms with Crippen molar-refractivity contribution in [2.75, 3.05) is 13.2 Å². The third kappa shape index (κ3) is 2.80. The van der Waals surface area contributed by atoms with E-state index in [-0.39, 0.29) is 11.9 Å². The van der Waals surface area contributed by atoms with Crippen LogP contribution < -0.4 is 11.1 Å². The second-order valence-corrected chi connectivity index (χ2v) is 5.45. The number of benzene rings is 1. The maximum absolute atomic E-state index is 12.2. The summed E-state index contributed by atoms with van der Waals surface area (Å²) in [5.41, 5.74) is 8.20. The molecule has 1 heterocycles. The molecule has 3 N–H and O–H groups in total. The Morgan fingerprint density at radius 1 is 1.42 bits per heavy atom. The van der Waals surface area contributed by atoms with Crippen LogP contribution in [0.15, 0.2) is 24.3 Å². The quantitative estimate of drug-likeness (QED) is 0.853. The summed E-state index contributed by atoms with van der Waals surface area (Å²) >= 11 is 0. The van der Waals surface area contributed by atoms with Gasteiger partial charge in [-0.05, 0) is 36.3 Å². The molecule has 4 heteroatoms. The van der Waals surface area contributed by atoms with Crippen molar-refractivity contribution in [1.29, 1.82) is 0 Å². The first-order valence-corrected chi connectivity index (χ1v) is 6.98. The molecule has 1 fully saturated rings. The molecule has 1 saturated carbocycles. The van der Waals surface area contributed by atoms with Crippen molar-refractivity contribution in [1.82, 2.24) is 5.32 Å². The van der Waals surface area contributed by atoms with Crippen LogP contribution in [0.25, 0.3) is 0 Å². The number of carbonyl (C=O) groups is 1. The zero-order valence-electron chi connectivity index (χ0n) is 11.0. The molecule has 19 heavy (non-hydrogen) atoms. The Morgan fingerprint density at radius 2 is 2.21 bits per heavy atom. The Kier molecular flexibility index (Phi) is 3.53. The van der Waals surface area contributed by atoms with E-state index in [0.29, 0.717) is 19.1 Å². The standard InChI is InChI=1S/C15H20N2O2/c16-13(11-5-6-11)9-17-15(18)14-12-4-2-1-3-10(12)7-8-19-14/h1-4,11,13-14H,5-9,16H2,(H,17,18). The zero-order chi connectivity index (χ0) is 13.2. The van der Waals surface area contributed by atoms with Gasteiger partial charge in [-0.1, -0.05) is 24.3 Å². The zero-order valence-corrected chi connectivity index (χ0v) is 11.0. The molecule has 0 saturated heterocycles. The summed E-state index contributed by atoms with van der Waals surface area (Å²) in [5.74, 6) is 0.531. The molecule has 0 bridgehead atoms. The van der Waals surface area contributed by atoms with Gasteiger partial charge in [0.1, 0.15) is 0 Å². The first-order chi connectivity index (χ1) is 9.25. The van der Waals surface area contributed by atoms with Crippen molar-refractivity contribution < 1.29 is 9.53 Å². The molecule has 2 atom stereocenters. The van der Waals surface area contributed by atoms with Crippen molar-refractivity contribution in [3.8, 4) is 0 Å². The van der Waals surface area contributed by atoms with Crippen LogP contribution in [0.1, 0.15) is 30.1 Å². The van der Waals surface area contributed by atoms with Gasteiger partial charge >= 0.3 is 0 Å². The SMILES string of the molecule is NC(CNC(=O)C1OCCc2ccccc21)C1CC1. The second-order valence-electron chi connectivity index (χ2n) is 5.45. The molecular weight excluding hydrogens is 240 g/mol. The number of nitrogens with one attached hydrogen (secondary N) is 1. The molecule has 1 aliphatic heterocycles. The largest absolute Gasteiger partial charge is 0.363 e. The van der Waals surface area contributed by atoms with E-state index in [1.807, 2.05) is 18.2 Å². The van der Waals surface area contributed by atoms with Gasteiger partial charge in [-0.15, -0.1) is 0 Å². The minimum atomic E-state index is -0.476. The van der Waals surface area contributed by atoms with Gasteiger partial charge in [0.15, 0.2) is 6.10 Å². The third-order valence-electron chi connectivity index (χ3n) is 3.97. The van der Waals surface area contributed by atoms with E-state index in [1.165, 1.54) is 18.4 Å². The van der Waals surface area contributed by atoms with Gasteiger partial charge in [0.2, 0.25) is 0 Å². The van der Waals surface area contributed by atoms with E-state index in [9.17, 15) is 4.79 Å². The van der Waals surface area contributed by atoms with Crippen molar-refractivity contribution in [2.45, 2.75) is 31.4 Å². The Bertz CT molecular complexity index is 471. The summed E-state index contributed by atoms with van der Waals surface area (Å²) in [5, 5.41) is 2.93. The van der Waals surface area contributed by atoms with E-state index < -0.39 is 6.10 Å². The second kappa shape index (κ2) is 5.31. The fourth-order valence-corrected chi connectivity index (χ4v) is 2.61. The Morgan fingerprint density at radius 3 is 3.00 bits per heavy atom. The molecular formula is C15H20N2O2. The average Bonchev–Trinajstić information content (AvgIpc) is 3.28. The lowest BCUT2D eigenvalue weighted by Crippen LogP contribution is -2.41. The first kappa shape index (κ1) is 12.6. The molecule has 1 amide bonds. The molecule has 1 aromatic carbocycles. The lowest BCUT2D eigenvalue weighted by molar-refractivity contribution is -0.134. The number of amides is 1. The number of carbonyl (C=O) groups excluding carboxylic acids is 1. The van der Waals surface area contributed by atoms with Gasteiger partial charge < -0.3 is 15.8 Å². The Labute approximate surface area is 113 Å². The number of fused-ring (bicyclic) bond motifs is 1. The van der Waals surface area contributed by atoms with E-state index in [0.717, 1.165) is 12.0 Å². The highest BCUT2D eigenvalue weighted by Crippen LogP contribution is 2.31. The van der Waals surface area contributed by atoms with Gasteiger partial charge in [-0.3, -0.25) is 4.79 Å². The van der Waals surface area contributed by atoms with Gasteiger partial charge in [0.05, 0.1) is 6.61 Å². The summed E-state index contributed by atoms with van der Waals surface area (Å²) in [7, 11) is 0. The predicted octanol–water partition coefficient (Wildman–Crippen LogP) is 1.15. The van der Waals surface area contributed by atoms with E-state index in [1.54, 1.807) is 0 Å². The Balaban J connectivity index is 1.63. The highest BCUT2D eigenvalue weighted by Gasteiger charge is 2.31. The minimum absolute atomic E-state index is 0.0664. The highest BCUT2D eigenvalue weighted by atomic mass is 16.5. The summed E-state index contributed by atoms with van der Waals surface area (Å²) < 4.78 is 5.62. The fraction of sp³-hybridized carbons (Fsp3) is 0.533. The average molecular weight is 260 g/mol. The van der Waals surface area contributed by atoms with Crippen LogP contribution in [0.4, 0.5) is 0 Å². The molecule has 3 rings (SSSR count). The number of rotatable bonds is 4. The van der Waals surface area contributed by atoms with Crippen molar-refractivity contribution in [3.63, 3.8) is 0 Å². The highest BCUT2D eigenvalue weighted by molar-refractivity contribution is 5.82. The molecule has 0 radical (unpaired) electrons. The molecule has 4 nitrogen and oxygen atoms in total. The molecule has 0 spiro atoms. The lowest BCUT2D eigenvalue weighted by Gasteiger charge is -2.25. The van der Waals surface area contributed by atoms with E-state index in [4.69, 9.17) is 10.5 Å². The molecule has 102 valence electrons. The fourth-order valence-electron chi connectivity index (χ4n) is 2.61.